The Labute approximate surface area is 113 Å². The number of halogens is 3. The molecule has 0 spiro atoms. The molecule has 0 radical (unpaired) electrons. The van der Waals surface area contributed by atoms with E-state index in [1.165, 1.54) is 23.5 Å². The first-order chi connectivity index (χ1) is 9.02. The van der Waals surface area contributed by atoms with Gasteiger partial charge in [0.15, 0.2) is 0 Å². The molecule has 0 aliphatic carbocycles. The first-order valence-corrected chi connectivity index (χ1v) is 6.79. The molecule has 1 aromatic heterocycles. The third-order valence-electron chi connectivity index (χ3n) is 2.79. The van der Waals surface area contributed by atoms with Crippen molar-refractivity contribution in [2.24, 2.45) is 5.73 Å². The number of benzene rings is 1. The summed E-state index contributed by atoms with van der Waals surface area (Å²) in [6, 6.07) is 9.30. The van der Waals surface area contributed by atoms with Crippen molar-refractivity contribution in [1.29, 1.82) is 0 Å². The second-order valence-electron chi connectivity index (χ2n) is 4.20. The largest absolute Gasteiger partial charge is 0.417 e. The molecule has 0 unspecified atom stereocenters. The van der Waals surface area contributed by atoms with Crippen molar-refractivity contribution >= 4 is 11.3 Å². The molecule has 5 heteroatoms. The third kappa shape index (κ3) is 3.36. The monoisotopic (exact) mass is 285 g/mol. The Hall–Kier alpha value is -1.33. The molecule has 0 saturated carbocycles. The van der Waals surface area contributed by atoms with Gasteiger partial charge in [0.05, 0.1) is 5.56 Å². The molecule has 2 rings (SSSR count). The molecule has 2 N–H and O–H groups in total. The summed E-state index contributed by atoms with van der Waals surface area (Å²) in [6.45, 7) is 0.590. The van der Waals surface area contributed by atoms with E-state index in [-0.39, 0.29) is 5.56 Å². The van der Waals surface area contributed by atoms with Crippen LogP contribution in [0.2, 0.25) is 0 Å². The van der Waals surface area contributed by atoms with Crippen molar-refractivity contribution in [3.8, 4) is 10.4 Å². The van der Waals surface area contributed by atoms with Crippen LogP contribution < -0.4 is 5.73 Å². The van der Waals surface area contributed by atoms with E-state index in [1.54, 1.807) is 12.1 Å². The molecule has 102 valence electrons. The van der Waals surface area contributed by atoms with E-state index in [1.807, 2.05) is 6.07 Å². The number of aryl methyl sites for hydroxylation is 1. The molecular weight excluding hydrogens is 271 g/mol. The maximum Gasteiger partial charge on any atom is 0.417 e. The number of hydrogen-bond donors (Lipinski definition) is 1. The van der Waals surface area contributed by atoms with Crippen LogP contribution in [0.5, 0.6) is 0 Å². The lowest BCUT2D eigenvalue weighted by molar-refractivity contribution is -0.137. The van der Waals surface area contributed by atoms with Gasteiger partial charge in [0.1, 0.15) is 0 Å². The van der Waals surface area contributed by atoms with Crippen molar-refractivity contribution in [3.05, 3.63) is 46.8 Å². The highest BCUT2D eigenvalue weighted by Crippen LogP contribution is 2.39. The predicted octanol–water partition coefficient (Wildman–Crippen LogP) is 4.33. The van der Waals surface area contributed by atoms with Crippen molar-refractivity contribution in [1.82, 2.24) is 0 Å². The van der Waals surface area contributed by atoms with Gasteiger partial charge in [-0.15, -0.1) is 11.3 Å². The molecule has 0 saturated heterocycles. The smallest absolute Gasteiger partial charge is 0.330 e. The highest BCUT2D eigenvalue weighted by Gasteiger charge is 2.33. The van der Waals surface area contributed by atoms with Crippen LogP contribution in [0.4, 0.5) is 13.2 Å². The second kappa shape index (κ2) is 5.75. The molecule has 2 aromatic rings. The van der Waals surface area contributed by atoms with Crippen LogP contribution in [0.3, 0.4) is 0 Å². The maximum absolute atomic E-state index is 12.9. The summed E-state index contributed by atoms with van der Waals surface area (Å²) in [5.74, 6) is 0. The fourth-order valence-electron chi connectivity index (χ4n) is 1.88. The molecule has 0 aliphatic heterocycles. The van der Waals surface area contributed by atoms with Crippen LogP contribution in [-0.4, -0.2) is 6.54 Å². The number of thiophene rings is 1. The van der Waals surface area contributed by atoms with Gasteiger partial charge in [-0.05, 0) is 37.6 Å². The zero-order valence-electron chi connectivity index (χ0n) is 10.2. The summed E-state index contributed by atoms with van der Waals surface area (Å²) < 4.78 is 38.8. The molecule has 0 amide bonds. The highest BCUT2D eigenvalue weighted by molar-refractivity contribution is 7.15. The van der Waals surface area contributed by atoms with Gasteiger partial charge in [-0.25, -0.2) is 0 Å². The predicted molar refractivity (Wildman–Crippen MR) is 72.1 cm³/mol. The molecule has 1 aromatic carbocycles. The van der Waals surface area contributed by atoms with Gasteiger partial charge in [-0.3, -0.25) is 0 Å². The Balaban J connectivity index is 2.34. The van der Waals surface area contributed by atoms with Crippen LogP contribution in [0.1, 0.15) is 16.9 Å². The van der Waals surface area contributed by atoms with Gasteiger partial charge in [-0.1, -0.05) is 18.2 Å². The Morgan fingerprint density at radius 3 is 2.47 bits per heavy atom. The van der Waals surface area contributed by atoms with Crippen molar-refractivity contribution in [2.75, 3.05) is 6.54 Å². The lowest BCUT2D eigenvalue weighted by Crippen LogP contribution is -2.06. The minimum absolute atomic E-state index is 0.249. The van der Waals surface area contributed by atoms with E-state index in [9.17, 15) is 13.2 Å². The van der Waals surface area contributed by atoms with Gasteiger partial charge in [-0.2, -0.15) is 13.2 Å². The highest BCUT2D eigenvalue weighted by atomic mass is 32.1. The molecule has 0 bridgehead atoms. The standard InChI is InChI=1S/C14H14F3NS/c15-14(16,17)12-6-2-1-5-11(12)13-8-7-10(19-13)4-3-9-18/h1-2,5-8H,3-4,9,18H2. The van der Waals surface area contributed by atoms with Crippen LogP contribution in [-0.2, 0) is 12.6 Å². The molecule has 0 fully saturated rings. The van der Waals surface area contributed by atoms with Crippen LogP contribution in [0.25, 0.3) is 10.4 Å². The van der Waals surface area contributed by atoms with E-state index >= 15 is 0 Å². The molecule has 0 atom stereocenters. The second-order valence-corrected chi connectivity index (χ2v) is 5.37. The van der Waals surface area contributed by atoms with E-state index in [0.717, 1.165) is 23.8 Å². The van der Waals surface area contributed by atoms with Crippen LogP contribution in [0, 0.1) is 0 Å². The lowest BCUT2D eigenvalue weighted by Gasteiger charge is -2.11. The fraction of sp³-hybridized carbons (Fsp3) is 0.286. The van der Waals surface area contributed by atoms with E-state index in [4.69, 9.17) is 5.73 Å². The zero-order valence-corrected chi connectivity index (χ0v) is 11.0. The van der Waals surface area contributed by atoms with Crippen LogP contribution in [0.15, 0.2) is 36.4 Å². The zero-order chi connectivity index (χ0) is 13.9. The summed E-state index contributed by atoms with van der Waals surface area (Å²) >= 11 is 1.40. The van der Waals surface area contributed by atoms with E-state index in [0.29, 0.717) is 11.4 Å². The third-order valence-corrected chi connectivity index (χ3v) is 3.97. The van der Waals surface area contributed by atoms with Gasteiger partial charge in [0, 0.05) is 15.3 Å². The number of alkyl halides is 3. The Morgan fingerprint density at radius 1 is 1.05 bits per heavy atom. The summed E-state index contributed by atoms with van der Waals surface area (Å²) in [5.41, 5.74) is 5.10. The van der Waals surface area contributed by atoms with E-state index < -0.39 is 11.7 Å². The summed E-state index contributed by atoms with van der Waals surface area (Å²) in [7, 11) is 0. The maximum atomic E-state index is 12.9. The summed E-state index contributed by atoms with van der Waals surface area (Å²) in [6.07, 6.45) is -2.66. The van der Waals surface area contributed by atoms with Gasteiger partial charge >= 0.3 is 6.18 Å². The molecular formula is C14H14F3NS. The van der Waals surface area contributed by atoms with Crippen molar-refractivity contribution in [3.63, 3.8) is 0 Å². The Kier molecular flexibility index (Phi) is 4.27. The van der Waals surface area contributed by atoms with Gasteiger partial charge in [0.25, 0.3) is 0 Å². The fourth-order valence-corrected chi connectivity index (χ4v) is 2.97. The first-order valence-electron chi connectivity index (χ1n) is 5.98. The molecule has 0 aliphatic rings. The topological polar surface area (TPSA) is 26.0 Å². The summed E-state index contributed by atoms with van der Waals surface area (Å²) in [5, 5.41) is 0. The van der Waals surface area contributed by atoms with Crippen molar-refractivity contribution < 1.29 is 13.2 Å². The Bertz CT molecular complexity index is 546. The minimum Gasteiger partial charge on any atom is -0.330 e. The van der Waals surface area contributed by atoms with Gasteiger partial charge in [0.2, 0.25) is 0 Å². The molecule has 1 heterocycles. The number of hydrogen-bond acceptors (Lipinski definition) is 2. The number of rotatable bonds is 4. The Morgan fingerprint density at radius 2 is 1.79 bits per heavy atom. The SMILES string of the molecule is NCCCc1ccc(-c2ccccc2C(F)(F)F)s1. The molecule has 19 heavy (non-hydrogen) atoms. The normalized spacial score (nSPS) is 11.8. The van der Waals surface area contributed by atoms with Gasteiger partial charge < -0.3 is 5.73 Å². The van der Waals surface area contributed by atoms with Crippen molar-refractivity contribution in [2.45, 2.75) is 19.0 Å². The number of nitrogens with two attached hydrogens (primary N) is 1. The average Bonchev–Trinajstić information content (AvgIpc) is 2.84. The van der Waals surface area contributed by atoms with Crippen LogP contribution >= 0.6 is 11.3 Å². The first kappa shape index (κ1) is 14.1. The minimum atomic E-state index is -4.32. The average molecular weight is 285 g/mol. The lowest BCUT2D eigenvalue weighted by atomic mass is 10.1. The molecule has 1 nitrogen and oxygen atoms in total. The summed E-state index contributed by atoms with van der Waals surface area (Å²) in [4.78, 5) is 1.72. The van der Waals surface area contributed by atoms with E-state index in [2.05, 4.69) is 0 Å². The quantitative estimate of drug-likeness (QED) is 0.889.